The fraction of sp³-hybridized carbons (Fsp3) is 0.938. The summed E-state index contributed by atoms with van der Waals surface area (Å²) < 4.78 is 5.21. The van der Waals surface area contributed by atoms with Gasteiger partial charge < -0.3 is 4.74 Å². The number of esters is 1. The molecule has 0 N–H and O–H groups in total. The third-order valence-electron chi connectivity index (χ3n) is 3.10. The van der Waals surface area contributed by atoms with Crippen molar-refractivity contribution >= 4 is 5.97 Å². The van der Waals surface area contributed by atoms with Gasteiger partial charge in [-0.2, -0.15) is 0 Å². The van der Waals surface area contributed by atoms with Crippen molar-refractivity contribution in [1.29, 1.82) is 0 Å². The zero-order valence-corrected chi connectivity index (χ0v) is 12.8. The molecule has 0 bridgehead atoms. The van der Waals surface area contributed by atoms with E-state index in [9.17, 15) is 4.79 Å². The number of hydrogen-bond donors (Lipinski definition) is 0. The van der Waals surface area contributed by atoms with Crippen molar-refractivity contribution in [3.05, 3.63) is 0 Å². The van der Waals surface area contributed by atoms with E-state index >= 15 is 0 Å². The molecule has 0 heterocycles. The lowest BCUT2D eigenvalue weighted by Crippen LogP contribution is -2.06. The maximum absolute atomic E-state index is 11.4. The number of ether oxygens (including phenoxy) is 1. The van der Waals surface area contributed by atoms with Crippen LogP contribution in [0.5, 0.6) is 0 Å². The van der Waals surface area contributed by atoms with Gasteiger partial charge in [0.1, 0.15) is 0 Å². The highest BCUT2D eigenvalue weighted by molar-refractivity contribution is 5.69. The van der Waals surface area contributed by atoms with E-state index in [2.05, 4.69) is 27.7 Å². The summed E-state index contributed by atoms with van der Waals surface area (Å²) in [6.07, 6.45) is 8.65. The Bertz CT molecular complexity index is 177. The van der Waals surface area contributed by atoms with E-state index in [0.717, 1.165) is 31.1 Å². The van der Waals surface area contributed by atoms with Crippen molar-refractivity contribution in [1.82, 2.24) is 0 Å². The largest absolute Gasteiger partial charge is 0.466 e. The van der Waals surface area contributed by atoms with Gasteiger partial charge in [-0.1, -0.05) is 53.4 Å². The molecule has 0 radical (unpaired) electrons. The number of carbonyl (C=O) groups excluding carboxylic acids is 1. The van der Waals surface area contributed by atoms with Gasteiger partial charge in [0.05, 0.1) is 6.61 Å². The highest BCUT2D eigenvalue weighted by Crippen LogP contribution is 2.10. The van der Waals surface area contributed by atoms with Crippen molar-refractivity contribution in [2.45, 2.75) is 79.1 Å². The molecule has 0 unspecified atom stereocenters. The molecular weight excluding hydrogens is 224 g/mol. The molecule has 0 rings (SSSR count). The molecule has 0 fully saturated rings. The Morgan fingerprint density at radius 3 is 1.94 bits per heavy atom. The van der Waals surface area contributed by atoms with Crippen LogP contribution in [0.4, 0.5) is 0 Å². The third-order valence-corrected chi connectivity index (χ3v) is 3.10. The van der Waals surface area contributed by atoms with Gasteiger partial charge in [-0.15, -0.1) is 0 Å². The molecule has 108 valence electrons. The summed E-state index contributed by atoms with van der Waals surface area (Å²) in [5.74, 6) is 1.52. The molecule has 0 aromatic heterocycles. The molecular formula is C16H32O2. The van der Waals surface area contributed by atoms with Crippen LogP contribution in [-0.2, 0) is 9.53 Å². The second-order valence-electron chi connectivity index (χ2n) is 6.10. The standard InChI is InChI=1S/C16H32O2/c1-14(2)10-6-5-7-12-16(17)18-13-9-8-11-15(3)4/h14-15H,5-13H2,1-4H3. The Kier molecular flexibility index (Phi) is 11.2. The van der Waals surface area contributed by atoms with Gasteiger partial charge in [0.25, 0.3) is 0 Å². The van der Waals surface area contributed by atoms with Crippen molar-refractivity contribution in [3.8, 4) is 0 Å². The quantitative estimate of drug-likeness (QED) is 0.385. The van der Waals surface area contributed by atoms with Gasteiger partial charge in [-0.25, -0.2) is 0 Å². The van der Waals surface area contributed by atoms with Crippen LogP contribution >= 0.6 is 0 Å². The fourth-order valence-electron chi connectivity index (χ4n) is 1.91. The first-order valence-electron chi connectivity index (χ1n) is 7.68. The highest BCUT2D eigenvalue weighted by Gasteiger charge is 2.03. The molecule has 0 aromatic carbocycles. The van der Waals surface area contributed by atoms with E-state index in [0.29, 0.717) is 13.0 Å². The summed E-state index contributed by atoms with van der Waals surface area (Å²) >= 11 is 0. The van der Waals surface area contributed by atoms with Gasteiger partial charge in [0.2, 0.25) is 0 Å². The number of unbranched alkanes of at least 4 members (excludes halogenated alkanes) is 3. The molecule has 0 atom stereocenters. The average molecular weight is 256 g/mol. The molecule has 0 aliphatic rings. The van der Waals surface area contributed by atoms with E-state index in [4.69, 9.17) is 4.74 Å². The lowest BCUT2D eigenvalue weighted by atomic mass is 10.0. The second kappa shape index (κ2) is 11.6. The van der Waals surface area contributed by atoms with Crippen LogP contribution in [0.15, 0.2) is 0 Å². The smallest absolute Gasteiger partial charge is 0.305 e. The Hall–Kier alpha value is -0.530. The molecule has 2 nitrogen and oxygen atoms in total. The fourth-order valence-corrected chi connectivity index (χ4v) is 1.91. The van der Waals surface area contributed by atoms with E-state index in [1.54, 1.807) is 0 Å². The minimum atomic E-state index is -0.0101. The zero-order chi connectivity index (χ0) is 13.8. The molecule has 0 aliphatic carbocycles. The molecule has 0 saturated carbocycles. The van der Waals surface area contributed by atoms with Crippen LogP contribution in [0.3, 0.4) is 0 Å². The molecule has 18 heavy (non-hydrogen) atoms. The van der Waals surface area contributed by atoms with Gasteiger partial charge in [0, 0.05) is 6.42 Å². The van der Waals surface area contributed by atoms with Crippen molar-refractivity contribution in [3.63, 3.8) is 0 Å². The minimum Gasteiger partial charge on any atom is -0.466 e. The summed E-state index contributed by atoms with van der Waals surface area (Å²) in [4.78, 5) is 11.4. The second-order valence-corrected chi connectivity index (χ2v) is 6.10. The topological polar surface area (TPSA) is 26.3 Å². The van der Waals surface area contributed by atoms with Gasteiger partial charge in [-0.05, 0) is 31.1 Å². The lowest BCUT2D eigenvalue weighted by molar-refractivity contribution is -0.143. The summed E-state index contributed by atoms with van der Waals surface area (Å²) in [5, 5.41) is 0. The molecule has 2 heteroatoms. The lowest BCUT2D eigenvalue weighted by Gasteiger charge is -2.07. The highest BCUT2D eigenvalue weighted by atomic mass is 16.5. The van der Waals surface area contributed by atoms with Crippen LogP contribution in [0, 0.1) is 11.8 Å². The number of carbonyl (C=O) groups is 1. The Morgan fingerprint density at radius 2 is 1.39 bits per heavy atom. The minimum absolute atomic E-state index is 0.0101. The van der Waals surface area contributed by atoms with Crippen LogP contribution < -0.4 is 0 Å². The Balaban J connectivity index is 3.22. The van der Waals surface area contributed by atoms with E-state index in [-0.39, 0.29) is 5.97 Å². The van der Waals surface area contributed by atoms with E-state index in [1.807, 2.05) is 0 Å². The average Bonchev–Trinajstić information content (AvgIpc) is 2.27. The van der Waals surface area contributed by atoms with Crippen molar-refractivity contribution in [2.75, 3.05) is 6.61 Å². The monoisotopic (exact) mass is 256 g/mol. The first-order valence-corrected chi connectivity index (χ1v) is 7.68. The van der Waals surface area contributed by atoms with Gasteiger partial charge in [-0.3, -0.25) is 4.79 Å². The van der Waals surface area contributed by atoms with Crippen LogP contribution in [-0.4, -0.2) is 12.6 Å². The van der Waals surface area contributed by atoms with Crippen LogP contribution in [0.2, 0.25) is 0 Å². The summed E-state index contributed by atoms with van der Waals surface area (Å²) in [6.45, 7) is 9.54. The maximum Gasteiger partial charge on any atom is 0.305 e. The Morgan fingerprint density at radius 1 is 0.833 bits per heavy atom. The van der Waals surface area contributed by atoms with Gasteiger partial charge >= 0.3 is 5.97 Å². The molecule has 0 saturated heterocycles. The molecule has 0 spiro atoms. The first kappa shape index (κ1) is 17.5. The zero-order valence-electron chi connectivity index (χ0n) is 12.8. The predicted molar refractivity (Wildman–Crippen MR) is 77.6 cm³/mol. The third kappa shape index (κ3) is 13.5. The number of rotatable bonds is 11. The summed E-state index contributed by atoms with van der Waals surface area (Å²) in [7, 11) is 0. The van der Waals surface area contributed by atoms with Crippen LogP contribution in [0.25, 0.3) is 0 Å². The number of hydrogen-bond acceptors (Lipinski definition) is 2. The molecule has 0 amide bonds. The normalized spacial score (nSPS) is 11.2. The van der Waals surface area contributed by atoms with E-state index in [1.165, 1.54) is 25.7 Å². The van der Waals surface area contributed by atoms with E-state index < -0.39 is 0 Å². The predicted octanol–water partition coefficient (Wildman–Crippen LogP) is 4.96. The van der Waals surface area contributed by atoms with Gasteiger partial charge in [0.15, 0.2) is 0 Å². The SMILES string of the molecule is CC(C)CCCCCC(=O)OCCCCC(C)C. The molecule has 0 aromatic rings. The summed E-state index contributed by atoms with van der Waals surface area (Å²) in [6, 6.07) is 0. The summed E-state index contributed by atoms with van der Waals surface area (Å²) in [5.41, 5.74) is 0. The van der Waals surface area contributed by atoms with Crippen LogP contribution in [0.1, 0.15) is 79.1 Å². The van der Waals surface area contributed by atoms with Crippen molar-refractivity contribution in [2.24, 2.45) is 11.8 Å². The maximum atomic E-state index is 11.4. The Labute approximate surface area is 113 Å². The molecule has 0 aliphatic heterocycles. The first-order chi connectivity index (χ1) is 8.52. The van der Waals surface area contributed by atoms with Crippen molar-refractivity contribution < 1.29 is 9.53 Å².